The first kappa shape index (κ1) is 16.2. The van der Waals surface area contributed by atoms with Crippen molar-refractivity contribution in [2.45, 2.75) is 70.5 Å². The molecular weight excluding hydrogens is 264 g/mol. The number of aliphatic hydroxyl groups excluding tert-OH is 1. The van der Waals surface area contributed by atoms with E-state index in [2.05, 4.69) is 6.92 Å². The van der Waals surface area contributed by atoms with Crippen molar-refractivity contribution in [3.63, 3.8) is 0 Å². The van der Waals surface area contributed by atoms with Crippen LogP contribution < -0.4 is 9.47 Å². The van der Waals surface area contributed by atoms with Crippen LogP contribution >= 0.6 is 0 Å². The summed E-state index contributed by atoms with van der Waals surface area (Å²) in [5.41, 5.74) is 0. The molecule has 0 atom stereocenters. The first-order valence-corrected chi connectivity index (χ1v) is 8.37. The molecular formula is C18H28O3. The summed E-state index contributed by atoms with van der Waals surface area (Å²) in [7, 11) is 0. The Hall–Kier alpha value is -1.22. The van der Waals surface area contributed by atoms with Crippen LogP contribution in [-0.4, -0.2) is 17.5 Å². The van der Waals surface area contributed by atoms with Crippen molar-refractivity contribution in [2.24, 2.45) is 0 Å². The van der Waals surface area contributed by atoms with Crippen molar-refractivity contribution in [1.29, 1.82) is 0 Å². The second-order valence-electron chi connectivity index (χ2n) is 5.91. The van der Waals surface area contributed by atoms with Gasteiger partial charge in [0.05, 0.1) is 0 Å². The molecule has 3 heteroatoms. The molecule has 0 unspecified atom stereocenters. The van der Waals surface area contributed by atoms with Crippen LogP contribution in [0.1, 0.15) is 64.7 Å². The van der Waals surface area contributed by atoms with Crippen LogP contribution in [0.3, 0.4) is 0 Å². The summed E-state index contributed by atoms with van der Waals surface area (Å²) in [4.78, 5) is 0. The normalized spacial score (nSPS) is 15.3. The SMILES string of the molecule is CCCCCCC1(CCCCCO)Oc2ccccc2O1. The molecule has 2 rings (SSSR count). The van der Waals surface area contributed by atoms with Crippen LogP contribution in [-0.2, 0) is 0 Å². The molecule has 0 radical (unpaired) electrons. The van der Waals surface area contributed by atoms with E-state index in [9.17, 15) is 0 Å². The lowest BCUT2D eigenvalue weighted by Crippen LogP contribution is -2.38. The van der Waals surface area contributed by atoms with E-state index in [1.807, 2.05) is 24.3 Å². The summed E-state index contributed by atoms with van der Waals surface area (Å²) < 4.78 is 12.3. The fourth-order valence-corrected chi connectivity index (χ4v) is 2.87. The number of hydrogen-bond acceptors (Lipinski definition) is 3. The smallest absolute Gasteiger partial charge is 0.251 e. The molecule has 0 fully saturated rings. The minimum Gasteiger partial charge on any atom is -0.448 e. The van der Waals surface area contributed by atoms with Crippen LogP contribution in [0.4, 0.5) is 0 Å². The first-order chi connectivity index (χ1) is 10.3. The van der Waals surface area contributed by atoms with Crippen molar-refractivity contribution in [3.8, 4) is 11.5 Å². The van der Waals surface area contributed by atoms with Gasteiger partial charge in [-0.1, -0.05) is 44.7 Å². The summed E-state index contributed by atoms with van der Waals surface area (Å²) in [5, 5.41) is 8.90. The van der Waals surface area contributed by atoms with Gasteiger partial charge in [0.15, 0.2) is 11.5 Å². The summed E-state index contributed by atoms with van der Waals surface area (Å²) >= 11 is 0. The Kier molecular flexibility index (Phi) is 6.37. The third kappa shape index (κ3) is 4.63. The van der Waals surface area contributed by atoms with Crippen molar-refractivity contribution < 1.29 is 14.6 Å². The van der Waals surface area contributed by atoms with E-state index < -0.39 is 5.79 Å². The number of para-hydroxylation sites is 2. The minimum absolute atomic E-state index is 0.269. The van der Waals surface area contributed by atoms with Crippen molar-refractivity contribution in [2.75, 3.05) is 6.61 Å². The largest absolute Gasteiger partial charge is 0.448 e. The second-order valence-corrected chi connectivity index (χ2v) is 5.91. The molecule has 0 amide bonds. The number of benzene rings is 1. The van der Waals surface area contributed by atoms with Crippen LogP contribution in [0, 0.1) is 0 Å². The summed E-state index contributed by atoms with van der Waals surface area (Å²) in [6.45, 7) is 2.49. The third-order valence-corrected chi connectivity index (χ3v) is 4.07. The molecule has 1 aliphatic rings. The van der Waals surface area contributed by atoms with Crippen LogP contribution in [0.15, 0.2) is 24.3 Å². The Morgan fingerprint density at radius 1 is 0.857 bits per heavy atom. The first-order valence-electron chi connectivity index (χ1n) is 8.37. The second kappa shape index (κ2) is 8.28. The van der Waals surface area contributed by atoms with Gasteiger partial charge in [0, 0.05) is 19.4 Å². The Morgan fingerprint density at radius 2 is 1.43 bits per heavy atom. The van der Waals surface area contributed by atoms with E-state index in [1.165, 1.54) is 19.3 Å². The van der Waals surface area contributed by atoms with E-state index in [0.29, 0.717) is 0 Å². The van der Waals surface area contributed by atoms with E-state index in [-0.39, 0.29) is 6.61 Å². The zero-order valence-corrected chi connectivity index (χ0v) is 13.1. The molecule has 1 aromatic carbocycles. The fourth-order valence-electron chi connectivity index (χ4n) is 2.87. The maximum atomic E-state index is 8.90. The molecule has 0 spiro atoms. The monoisotopic (exact) mass is 292 g/mol. The van der Waals surface area contributed by atoms with Crippen LogP contribution in [0.2, 0.25) is 0 Å². The molecule has 1 heterocycles. The third-order valence-electron chi connectivity index (χ3n) is 4.07. The maximum Gasteiger partial charge on any atom is 0.251 e. The Morgan fingerprint density at radius 3 is 1.95 bits per heavy atom. The van der Waals surface area contributed by atoms with Gasteiger partial charge in [0.25, 0.3) is 5.79 Å². The summed E-state index contributed by atoms with van der Waals surface area (Å²) in [5.74, 6) is 1.26. The predicted octanol–water partition coefficient (Wildman–Crippen LogP) is 4.68. The number of hydrogen-bond donors (Lipinski definition) is 1. The van der Waals surface area contributed by atoms with Gasteiger partial charge in [-0.2, -0.15) is 0 Å². The Balaban J connectivity index is 1.92. The van der Waals surface area contributed by atoms with Gasteiger partial charge in [-0.25, -0.2) is 0 Å². The lowest BCUT2D eigenvalue weighted by molar-refractivity contribution is -0.0950. The zero-order valence-electron chi connectivity index (χ0n) is 13.1. The van der Waals surface area contributed by atoms with Gasteiger partial charge in [0.1, 0.15) is 0 Å². The summed E-state index contributed by atoms with van der Waals surface area (Å²) in [6.07, 6.45) is 9.64. The molecule has 1 aromatic rings. The highest BCUT2D eigenvalue weighted by molar-refractivity contribution is 5.42. The maximum absolute atomic E-state index is 8.90. The lowest BCUT2D eigenvalue weighted by Gasteiger charge is -2.28. The molecule has 0 saturated heterocycles. The molecule has 0 saturated carbocycles. The van der Waals surface area contributed by atoms with Crippen LogP contribution in [0.25, 0.3) is 0 Å². The van der Waals surface area contributed by atoms with Crippen molar-refractivity contribution >= 4 is 0 Å². The highest BCUT2D eigenvalue weighted by Crippen LogP contribution is 2.43. The van der Waals surface area contributed by atoms with Gasteiger partial charge in [0.2, 0.25) is 0 Å². The average Bonchev–Trinajstić information content (AvgIpc) is 2.87. The molecule has 1 N–H and O–H groups in total. The van der Waals surface area contributed by atoms with Gasteiger partial charge in [-0.15, -0.1) is 0 Å². The quantitative estimate of drug-likeness (QED) is 0.636. The van der Waals surface area contributed by atoms with Crippen LogP contribution in [0.5, 0.6) is 11.5 Å². The topological polar surface area (TPSA) is 38.7 Å². The van der Waals surface area contributed by atoms with Crippen molar-refractivity contribution in [1.82, 2.24) is 0 Å². The molecule has 0 bridgehead atoms. The number of rotatable bonds is 10. The van der Waals surface area contributed by atoms with Gasteiger partial charge < -0.3 is 14.6 Å². The zero-order chi connectivity index (χ0) is 15.0. The number of aliphatic hydroxyl groups is 1. The molecule has 1 aliphatic heterocycles. The van der Waals surface area contributed by atoms with E-state index in [0.717, 1.165) is 50.0 Å². The Bertz CT molecular complexity index is 378. The van der Waals surface area contributed by atoms with E-state index in [1.54, 1.807) is 0 Å². The van der Waals surface area contributed by atoms with Gasteiger partial charge in [-0.05, 0) is 31.4 Å². The standard InChI is InChI=1S/C18H28O3/c1-2-3-4-8-13-18(14-9-5-10-15-19)20-16-11-6-7-12-17(16)21-18/h6-7,11-12,19H,2-5,8-10,13-15H2,1H3. The fraction of sp³-hybridized carbons (Fsp3) is 0.667. The number of unbranched alkanes of at least 4 members (excludes halogenated alkanes) is 5. The molecule has 0 aromatic heterocycles. The van der Waals surface area contributed by atoms with Crippen molar-refractivity contribution in [3.05, 3.63) is 24.3 Å². The van der Waals surface area contributed by atoms with E-state index >= 15 is 0 Å². The number of fused-ring (bicyclic) bond motifs is 1. The lowest BCUT2D eigenvalue weighted by atomic mass is 10.00. The Labute approximate surface area is 128 Å². The highest BCUT2D eigenvalue weighted by atomic mass is 16.7. The predicted molar refractivity (Wildman–Crippen MR) is 84.7 cm³/mol. The molecule has 118 valence electrons. The molecule has 0 aliphatic carbocycles. The van der Waals surface area contributed by atoms with Gasteiger partial charge >= 0.3 is 0 Å². The average molecular weight is 292 g/mol. The molecule has 3 nitrogen and oxygen atoms in total. The summed E-state index contributed by atoms with van der Waals surface area (Å²) in [6, 6.07) is 7.94. The molecule has 21 heavy (non-hydrogen) atoms. The van der Waals surface area contributed by atoms with Gasteiger partial charge in [-0.3, -0.25) is 0 Å². The number of ether oxygens (including phenoxy) is 2. The minimum atomic E-state index is -0.479. The van der Waals surface area contributed by atoms with E-state index in [4.69, 9.17) is 14.6 Å². The highest BCUT2D eigenvalue weighted by Gasteiger charge is 2.40.